The summed E-state index contributed by atoms with van der Waals surface area (Å²) in [6.45, 7) is 4.69. The second-order valence-corrected chi connectivity index (χ2v) is 7.65. The van der Waals surface area contributed by atoms with Crippen molar-refractivity contribution in [3.63, 3.8) is 0 Å². The maximum atomic E-state index is 13.5. The van der Waals surface area contributed by atoms with E-state index < -0.39 is 0 Å². The molecular weight excluding hydrogens is 346 g/mol. The van der Waals surface area contributed by atoms with Crippen molar-refractivity contribution in [2.45, 2.75) is 32.2 Å². The van der Waals surface area contributed by atoms with E-state index in [-0.39, 0.29) is 11.8 Å². The molecule has 4 rings (SSSR count). The van der Waals surface area contributed by atoms with Gasteiger partial charge in [0.1, 0.15) is 5.82 Å². The van der Waals surface area contributed by atoms with E-state index in [0.717, 1.165) is 49.4 Å². The number of aromatic nitrogens is 2. The molecule has 0 N–H and O–H groups in total. The Morgan fingerprint density at radius 1 is 1.00 bits per heavy atom. The second-order valence-electron chi connectivity index (χ2n) is 7.65. The summed E-state index contributed by atoms with van der Waals surface area (Å²) in [4.78, 5) is 19.9. The van der Waals surface area contributed by atoms with Crippen molar-refractivity contribution in [2.75, 3.05) is 13.1 Å². The van der Waals surface area contributed by atoms with Gasteiger partial charge in [0.25, 0.3) is 0 Å². The molecule has 0 spiro atoms. The minimum atomic E-state index is -0.227. The number of rotatable bonds is 5. The zero-order valence-electron chi connectivity index (χ0n) is 16.4. The van der Waals surface area contributed by atoms with Crippen molar-refractivity contribution in [1.29, 1.82) is 0 Å². The van der Waals surface area contributed by atoms with E-state index >= 15 is 0 Å². The molecule has 2 aromatic carbocycles. The zero-order chi connectivity index (χ0) is 19.3. The van der Waals surface area contributed by atoms with Crippen molar-refractivity contribution in [3.8, 4) is 0 Å². The van der Waals surface area contributed by atoms with Gasteiger partial charge in [-0.25, -0.2) is 4.98 Å². The zero-order valence-corrected chi connectivity index (χ0v) is 16.4. The Morgan fingerprint density at radius 2 is 1.57 bits per heavy atom. The number of imidazole rings is 1. The summed E-state index contributed by atoms with van der Waals surface area (Å²) in [5, 5.41) is 0. The minimum Gasteiger partial charge on any atom is -0.342 e. The molecule has 0 saturated carbocycles. The summed E-state index contributed by atoms with van der Waals surface area (Å²) in [6, 6.07) is 20.3. The van der Waals surface area contributed by atoms with Gasteiger partial charge < -0.3 is 9.47 Å². The van der Waals surface area contributed by atoms with Crippen molar-refractivity contribution in [2.24, 2.45) is 5.92 Å². The molecule has 3 aromatic rings. The van der Waals surface area contributed by atoms with Gasteiger partial charge in [0.05, 0.1) is 5.92 Å². The van der Waals surface area contributed by atoms with Crippen LogP contribution >= 0.6 is 0 Å². The number of carbonyl (C=O) groups is 1. The monoisotopic (exact) mass is 373 g/mol. The first-order valence-corrected chi connectivity index (χ1v) is 10.1. The standard InChI is InChI=1S/C24H27N3O/c1-19-25-14-17-27(19)18-20-12-15-26(16-13-20)24(28)23(21-8-4-2-5-9-21)22-10-6-3-7-11-22/h2-11,14,17,20,23H,12-13,15-16,18H2,1H3. The van der Waals surface area contributed by atoms with E-state index in [4.69, 9.17) is 0 Å². The number of hydrogen-bond acceptors (Lipinski definition) is 2. The van der Waals surface area contributed by atoms with Gasteiger partial charge in [-0.1, -0.05) is 60.7 Å². The Hall–Kier alpha value is -2.88. The Balaban J connectivity index is 1.47. The lowest BCUT2D eigenvalue weighted by Crippen LogP contribution is -2.42. The average Bonchev–Trinajstić information content (AvgIpc) is 3.15. The lowest BCUT2D eigenvalue weighted by atomic mass is 9.88. The Kier molecular flexibility index (Phi) is 5.56. The van der Waals surface area contributed by atoms with Gasteiger partial charge in [0.2, 0.25) is 5.91 Å². The SMILES string of the molecule is Cc1nccn1CC1CCN(C(=O)C(c2ccccc2)c2ccccc2)CC1. The summed E-state index contributed by atoms with van der Waals surface area (Å²) in [7, 11) is 0. The predicted molar refractivity (Wildman–Crippen MR) is 111 cm³/mol. The van der Waals surface area contributed by atoms with Crippen molar-refractivity contribution in [1.82, 2.24) is 14.5 Å². The molecule has 2 heterocycles. The molecule has 0 atom stereocenters. The Bertz CT molecular complexity index is 856. The summed E-state index contributed by atoms with van der Waals surface area (Å²) < 4.78 is 2.22. The molecule has 1 fully saturated rings. The van der Waals surface area contributed by atoms with Crippen LogP contribution < -0.4 is 0 Å². The Morgan fingerprint density at radius 3 is 2.07 bits per heavy atom. The third kappa shape index (κ3) is 4.01. The van der Waals surface area contributed by atoms with Gasteiger partial charge in [-0.15, -0.1) is 0 Å². The van der Waals surface area contributed by atoms with Crippen LogP contribution in [0.3, 0.4) is 0 Å². The predicted octanol–water partition coefficient (Wildman–Crippen LogP) is 4.26. The van der Waals surface area contributed by atoms with Crippen LogP contribution in [-0.2, 0) is 11.3 Å². The van der Waals surface area contributed by atoms with Gasteiger partial charge in [0, 0.05) is 32.0 Å². The van der Waals surface area contributed by atoms with Gasteiger partial charge in [-0.05, 0) is 36.8 Å². The average molecular weight is 374 g/mol. The number of likely N-dealkylation sites (tertiary alicyclic amines) is 1. The number of carbonyl (C=O) groups excluding carboxylic acids is 1. The molecule has 1 aliphatic heterocycles. The topological polar surface area (TPSA) is 38.1 Å². The van der Waals surface area contributed by atoms with Crippen LogP contribution in [-0.4, -0.2) is 33.4 Å². The third-order valence-corrected chi connectivity index (χ3v) is 5.82. The first-order valence-electron chi connectivity index (χ1n) is 10.1. The summed E-state index contributed by atoms with van der Waals surface area (Å²) in [5.74, 6) is 1.65. The van der Waals surface area contributed by atoms with Crippen LogP contribution in [0.1, 0.15) is 35.7 Å². The largest absolute Gasteiger partial charge is 0.342 e. The van der Waals surface area contributed by atoms with E-state index in [2.05, 4.69) is 38.7 Å². The molecule has 4 heteroatoms. The third-order valence-electron chi connectivity index (χ3n) is 5.82. The molecule has 1 aromatic heterocycles. The van der Waals surface area contributed by atoms with Crippen molar-refractivity contribution < 1.29 is 4.79 Å². The molecular formula is C24H27N3O. The highest BCUT2D eigenvalue weighted by Gasteiger charge is 2.30. The van der Waals surface area contributed by atoms with Gasteiger partial charge in [-0.3, -0.25) is 4.79 Å². The molecule has 1 amide bonds. The van der Waals surface area contributed by atoms with Crippen LogP contribution in [0.25, 0.3) is 0 Å². The number of piperidine rings is 1. The number of hydrogen-bond donors (Lipinski definition) is 0. The molecule has 1 saturated heterocycles. The number of amides is 1. The maximum Gasteiger partial charge on any atom is 0.234 e. The molecule has 144 valence electrons. The molecule has 0 aliphatic carbocycles. The van der Waals surface area contributed by atoms with Crippen LogP contribution in [0.15, 0.2) is 73.1 Å². The fourth-order valence-corrected chi connectivity index (χ4v) is 4.16. The van der Waals surface area contributed by atoms with Crippen molar-refractivity contribution in [3.05, 3.63) is 90.0 Å². The molecule has 1 aliphatic rings. The molecule has 0 unspecified atom stereocenters. The first kappa shape index (κ1) is 18.5. The number of nitrogens with zero attached hydrogens (tertiary/aromatic N) is 3. The van der Waals surface area contributed by atoms with E-state index in [9.17, 15) is 4.79 Å². The summed E-state index contributed by atoms with van der Waals surface area (Å²) in [5.41, 5.74) is 2.13. The smallest absolute Gasteiger partial charge is 0.234 e. The first-order chi connectivity index (χ1) is 13.7. The van der Waals surface area contributed by atoms with Crippen LogP contribution in [0.4, 0.5) is 0 Å². The molecule has 4 nitrogen and oxygen atoms in total. The molecule has 28 heavy (non-hydrogen) atoms. The van der Waals surface area contributed by atoms with Crippen LogP contribution in [0.5, 0.6) is 0 Å². The quantitative estimate of drug-likeness (QED) is 0.670. The molecule has 0 bridgehead atoms. The van der Waals surface area contributed by atoms with Gasteiger partial charge >= 0.3 is 0 Å². The van der Waals surface area contributed by atoms with E-state index in [1.54, 1.807) is 0 Å². The highest BCUT2D eigenvalue weighted by Crippen LogP contribution is 2.29. The van der Waals surface area contributed by atoms with Crippen LogP contribution in [0, 0.1) is 12.8 Å². The second kappa shape index (κ2) is 8.42. The molecule has 0 radical (unpaired) electrons. The highest BCUT2D eigenvalue weighted by molar-refractivity contribution is 5.87. The van der Waals surface area contributed by atoms with E-state index in [1.165, 1.54) is 0 Å². The maximum absolute atomic E-state index is 13.5. The van der Waals surface area contributed by atoms with Crippen LogP contribution in [0.2, 0.25) is 0 Å². The minimum absolute atomic E-state index is 0.217. The normalized spacial score (nSPS) is 15.1. The van der Waals surface area contributed by atoms with Gasteiger partial charge in [-0.2, -0.15) is 0 Å². The lowest BCUT2D eigenvalue weighted by Gasteiger charge is -2.34. The summed E-state index contributed by atoms with van der Waals surface area (Å²) >= 11 is 0. The summed E-state index contributed by atoms with van der Waals surface area (Å²) in [6.07, 6.45) is 5.99. The van der Waals surface area contributed by atoms with E-state index in [1.807, 2.05) is 55.7 Å². The van der Waals surface area contributed by atoms with Gasteiger partial charge in [0.15, 0.2) is 0 Å². The lowest BCUT2D eigenvalue weighted by molar-refractivity contribution is -0.133. The number of benzene rings is 2. The fourth-order valence-electron chi connectivity index (χ4n) is 4.16. The van der Waals surface area contributed by atoms with E-state index in [0.29, 0.717) is 5.92 Å². The Labute approximate surface area is 166 Å². The number of aryl methyl sites for hydroxylation is 1. The van der Waals surface area contributed by atoms with Crippen molar-refractivity contribution >= 4 is 5.91 Å². The fraction of sp³-hybridized carbons (Fsp3) is 0.333. The highest BCUT2D eigenvalue weighted by atomic mass is 16.2.